The molecule has 0 atom stereocenters. The molecule has 0 unspecified atom stereocenters. The molecule has 182 valence electrons. The van der Waals surface area contributed by atoms with Gasteiger partial charge in [0, 0.05) is 28.3 Å². The molecule has 4 aromatic rings. The van der Waals surface area contributed by atoms with Gasteiger partial charge in [0.1, 0.15) is 11.5 Å². The van der Waals surface area contributed by atoms with E-state index in [1.165, 1.54) is 12.2 Å². The Morgan fingerprint density at radius 2 is 1.49 bits per heavy atom. The number of furan rings is 1. The molecular weight excluding hydrogens is 531 g/mol. The molecule has 1 amide bonds. The van der Waals surface area contributed by atoms with Crippen molar-refractivity contribution >= 4 is 69.8 Å². The van der Waals surface area contributed by atoms with Gasteiger partial charge in [-0.3, -0.25) is 19.7 Å². The van der Waals surface area contributed by atoms with Crippen molar-refractivity contribution in [2.75, 3.05) is 5.32 Å². The van der Waals surface area contributed by atoms with Gasteiger partial charge < -0.3 is 9.73 Å². The highest BCUT2D eigenvalue weighted by Crippen LogP contribution is 2.35. The van der Waals surface area contributed by atoms with E-state index in [0.717, 1.165) is 0 Å². The number of thiocarbonyl (C=S) groups is 1. The van der Waals surface area contributed by atoms with Crippen molar-refractivity contribution in [2.45, 2.75) is 0 Å². The Hall–Kier alpha value is -4.04. The van der Waals surface area contributed by atoms with E-state index in [9.17, 15) is 14.4 Å². The first kappa shape index (κ1) is 24.6. The number of benzene rings is 3. The second-order valence-electron chi connectivity index (χ2n) is 8.01. The number of carbonyl (C=O) groups excluding carboxylic acids is 3. The zero-order valence-electron chi connectivity index (χ0n) is 18.9. The molecule has 1 heterocycles. The van der Waals surface area contributed by atoms with Crippen LogP contribution in [0.25, 0.3) is 17.4 Å². The highest BCUT2D eigenvalue weighted by Gasteiger charge is 2.31. The van der Waals surface area contributed by atoms with Crippen LogP contribution >= 0.6 is 35.4 Å². The predicted molar refractivity (Wildman–Crippen MR) is 147 cm³/mol. The summed E-state index contributed by atoms with van der Waals surface area (Å²) in [5.41, 5.74) is 2.12. The van der Waals surface area contributed by atoms with E-state index in [4.69, 9.17) is 39.8 Å². The summed E-state index contributed by atoms with van der Waals surface area (Å²) in [5, 5.41) is 6.13. The molecule has 0 spiro atoms. The summed E-state index contributed by atoms with van der Waals surface area (Å²) in [6.45, 7) is 0. The summed E-state index contributed by atoms with van der Waals surface area (Å²) in [5.74, 6) is -0.146. The summed E-state index contributed by atoms with van der Waals surface area (Å²) in [6, 6.07) is 20.1. The Bertz CT molecular complexity index is 1640. The van der Waals surface area contributed by atoms with Crippen LogP contribution in [0.3, 0.4) is 0 Å². The van der Waals surface area contributed by atoms with Gasteiger partial charge in [-0.05, 0) is 48.6 Å². The number of amides is 1. The average Bonchev–Trinajstić information content (AvgIpc) is 3.36. The first-order valence-electron chi connectivity index (χ1n) is 11.0. The van der Waals surface area contributed by atoms with Crippen molar-refractivity contribution in [1.82, 2.24) is 5.32 Å². The number of anilines is 1. The van der Waals surface area contributed by atoms with Crippen LogP contribution < -0.4 is 10.6 Å². The fraction of sp³-hybridized carbons (Fsp3) is 0. The standard InChI is InChI=1S/C28H16Cl2N2O4S/c29-20-9-3-7-18(25(20)30)22-13-11-15(36-22)12-14-23(33)32-28(37)31-21-10-4-8-19-24(21)27(35)17-6-2-1-5-16(17)26(19)34/h1-14H,(H2,31,32,33,37). The summed E-state index contributed by atoms with van der Waals surface area (Å²) in [7, 11) is 0. The van der Waals surface area contributed by atoms with Crippen LogP contribution in [0.15, 0.2) is 83.3 Å². The molecule has 0 saturated heterocycles. The van der Waals surface area contributed by atoms with Crippen molar-refractivity contribution in [2.24, 2.45) is 0 Å². The molecule has 0 fully saturated rings. The quantitative estimate of drug-likeness (QED) is 0.196. The van der Waals surface area contributed by atoms with Crippen LogP contribution in [0.1, 0.15) is 37.6 Å². The normalized spacial score (nSPS) is 12.3. The fourth-order valence-electron chi connectivity index (χ4n) is 4.00. The Kier molecular flexibility index (Phi) is 6.76. The van der Waals surface area contributed by atoms with Gasteiger partial charge in [-0.2, -0.15) is 0 Å². The van der Waals surface area contributed by atoms with Gasteiger partial charge in [0.25, 0.3) is 0 Å². The first-order chi connectivity index (χ1) is 17.8. The van der Waals surface area contributed by atoms with Gasteiger partial charge in [0.05, 0.1) is 21.3 Å². The number of nitrogens with one attached hydrogen (secondary N) is 2. The monoisotopic (exact) mass is 546 g/mol. The lowest BCUT2D eigenvalue weighted by atomic mass is 9.83. The molecule has 9 heteroatoms. The maximum atomic E-state index is 13.1. The van der Waals surface area contributed by atoms with Crippen LogP contribution in [0.4, 0.5) is 5.69 Å². The summed E-state index contributed by atoms with van der Waals surface area (Å²) in [6.07, 6.45) is 2.73. The zero-order chi connectivity index (χ0) is 26.1. The minimum absolute atomic E-state index is 0.0343. The molecule has 6 nitrogen and oxygen atoms in total. The lowest BCUT2D eigenvalue weighted by Gasteiger charge is -2.20. The SMILES string of the molecule is O=C(C=Cc1ccc(-c2cccc(Cl)c2Cl)o1)NC(=S)Nc1cccc2c1C(=O)c1ccccc1C2=O. The number of hydrogen-bond donors (Lipinski definition) is 2. The van der Waals surface area contributed by atoms with Gasteiger partial charge in [0.2, 0.25) is 5.91 Å². The molecule has 1 aliphatic rings. The Labute approximate surface area is 226 Å². The number of ketones is 2. The largest absolute Gasteiger partial charge is 0.457 e. The van der Waals surface area contributed by atoms with Crippen molar-refractivity contribution in [3.8, 4) is 11.3 Å². The molecule has 0 radical (unpaired) electrons. The maximum absolute atomic E-state index is 13.1. The third kappa shape index (κ3) is 4.84. The molecule has 2 N–H and O–H groups in total. The molecule has 0 bridgehead atoms. The number of carbonyl (C=O) groups is 3. The topological polar surface area (TPSA) is 88.4 Å². The smallest absolute Gasteiger partial charge is 0.250 e. The van der Waals surface area contributed by atoms with E-state index >= 15 is 0 Å². The van der Waals surface area contributed by atoms with Gasteiger partial charge in [-0.1, -0.05) is 65.7 Å². The third-order valence-corrected chi connectivity index (χ3v) is 6.70. The zero-order valence-corrected chi connectivity index (χ0v) is 21.2. The molecular formula is C28H16Cl2N2O4S. The van der Waals surface area contributed by atoms with Crippen LogP contribution in [0.5, 0.6) is 0 Å². The predicted octanol–water partition coefficient (Wildman–Crippen LogP) is 6.56. The van der Waals surface area contributed by atoms with E-state index in [0.29, 0.717) is 43.9 Å². The van der Waals surface area contributed by atoms with Crippen LogP contribution in [-0.2, 0) is 4.79 Å². The van der Waals surface area contributed by atoms with Crippen molar-refractivity contribution in [3.63, 3.8) is 0 Å². The van der Waals surface area contributed by atoms with Gasteiger partial charge in [0.15, 0.2) is 16.7 Å². The van der Waals surface area contributed by atoms with Gasteiger partial charge in [-0.25, -0.2) is 0 Å². The van der Waals surface area contributed by atoms with E-state index in [1.807, 2.05) is 0 Å². The average molecular weight is 547 g/mol. The summed E-state index contributed by atoms with van der Waals surface area (Å²) >= 11 is 17.6. The highest BCUT2D eigenvalue weighted by atomic mass is 35.5. The van der Waals surface area contributed by atoms with E-state index in [-0.39, 0.29) is 27.8 Å². The Morgan fingerprint density at radius 3 is 2.27 bits per heavy atom. The van der Waals surface area contributed by atoms with Gasteiger partial charge >= 0.3 is 0 Å². The second kappa shape index (κ2) is 10.1. The Morgan fingerprint density at radius 1 is 0.811 bits per heavy atom. The number of fused-ring (bicyclic) bond motifs is 2. The van der Waals surface area contributed by atoms with Crippen LogP contribution in [0, 0.1) is 0 Å². The molecule has 5 rings (SSSR count). The maximum Gasteiger partial charge on any atom is 0.250 e. The van der Waals surface area contributed by atoms with Crippen molar-refractivity contribution < 1.29 is 18.8 Å². The number of hydrogen-bond acceptors (Lipinski definition) is 5. The number of halogens is 2. The van der Waals surface area contributed by atoms with Crippen LogP contribution in [0.2, 0.25) is 10.0 Å². The molecule has 1 aliphatic carbocycles. The molecule has 0 aliphatic heterocycles. The minimum atomic E-state index is -0.520. The van der Waals surface area contributed by atoms with Crippen molar-refractivity contribution in [1.29, 1.82) is 0 Å². The lowest BCUT2D eigenvalue weighted by Crippen LogP contribution is -2.34. The third-order valence-electron chi connectivity index (χ3n) is 5.68. The molecule has 3 aromatic carbocycles. The molecule has 37 heavy (non-hydrogen) atoms. The first-order valence-corrected chi connectivity index (χ1v) is 12.2. The molecule has 0 saturated carbocycles. The summed E-state index contributed by atoms with van der Waals surface area (Å²) < 4.78 is 5.74. The Balaban J connectivity index is 1.28. The van der Waals surface area contributed by atoms with Crippen LogP contribution in [-0.4, -0.2) is 22.6 Å². The molecule has 1 aromatic heterocycles. The van der Waals surface area contributed by atoms with Crippen molar-refractivity contribution in [3.05, 3.63) is 117 Å². The highest BCUT2D eigenvalue weighted by molar-refractivity contribution is 7.80. The van der Waals surface area contributed by atoms with E-state index < -0.39 is 5.91 Å². The summed E-state index contributed by atoms with van der Waals surface area (Å²) in [4.78, 5) is 38.5. The minimum Gasteiger partial charge on any atom is -0.457 e. The van der Waals surface area contributed by atoms with E-state index in [1.54, 1.807) is 72.8 Å². The van der Waals surface area contributed by atoms with E-state index in [2.05, 4.69) is 10.6 Å². The van der Waals surface area contributed by atoms with Gasteiger partial charge in [-0.15, -0.1) is 0 Å². The lowest BCUT2D eigenvalue weighted by molar-refractivity contribution is -0.115. The number of rotatable bonds is 4. The fourth-order valence-corrected chi connectivity index (χ4v) is 4.60. The second-order valence-corrected chi connectivity index (χ2v) is 9.21.